The van der Waals surface area contributed by atoms with Gasteiger partial charge < -0.3 is 14.6 Å². The summed E-state index contributed by atoms with van der Waals surface area (Å²) in [5.74, 6) is 0.216. The summed E-state index contributed by atoms with van der Waals surface area (Å²) in [6.45, 7) is 9.34. The van der Waals surface area contributed by atoms with Crippen LogP contribution < -0.4 is 5.32 Å². The number of nitrogens with zero attached hydrogens (tertiary/aromatic N) is 1. The lowest BCUT2D eigenvalue weighted by Crippen LogP contribution is -2.41. The summed E-state index contributed by atoms with van der Waals surface area (Å²) in [7, 11) is -0.363. The van der Waals surface area contributed by atoms with Crippen molar-refractivity contribution in [3.8, 4) is 0 Å². The lowest BCUT2D eigenvalue weighted by atomic mass is 9.68. The summed E-state index contributed by atoms with van der Waals surface area (Å²) < 4.78 is 13.1. The third kappa shape index (κ3) is 5.26. The Morgan fingerprint density at radius 2 is 1.67 bits per heavy atom. The van der Waals surface area contributed by atoms with Crippen molar-refractivity contribution in [2.75, 3.05) is 6.54 Å². The van der Waals surface area contributed by atoms with Crippen molar-refractivity contribution in [1.82, 2.24) is 5.32 Å². The molecule has 4 aliphatic rings. The van der Waals surface area contributed by atoms with Gasteiger partial charge in [0, 0.05) is 24.9 Å². The molecule has 0 spiro atoms. The number of aliphatic imine (C=N–C) groups is 1. The molecule has 2 aromatic carbocycles. The van der Waals surface area contributed by atoms with Gasteiger partial charge in [-0.15, -0.1) is 0 Å². The van der Waals surface area contributed by atoms with Crippen LogP contribution in [0.5, 0.6) is 0 Å². The molecular weight excluding hydrogens is 479 g/mol. The zero-order valence-corrected chi connectivity index (χ0v) is 23.4. The van der Waals surface area contributed by atoms with E-state index in [1.807, 2.05) is 18.6 Å². The molecule has 1 atom stereocenters. The van der Waals surface area contributed by atoms with Gasteiger partial charge in [-0.1, -0.05) is 60.7 Å². The minimum absolute atomic E-state index is 0.216. The summed E-state index contributed by atoms with van der Waals surface area (Å²) in [5.41, 5.74) is 9.26. The molecule has 0 radical (unpaired) electrons. The predicted molar refractivity (Wildman–Crippen MR) is 163 cm³/mol. The third-order valence-electron chi connectivity index (χ3n) is 8.67. The van der Waals surface area contributed by atoms with E-state index in [1.165, 1.54) is 44.4 Å². The van der Waals surface area contributed by atoms with Crippen molar-refractivity contribution in [2.45, 2.75) is 64.1 Å². The van der Waals surface area contributed by atoms with Gasteiger partial charge in [0.25, 0.3) is 0 Å². The summed E-state index contributed by atoms with van der Waals surface area (Å²) in [6.07, 6.45) is 17.9. The number of benzene rings is 2. The molecule has 6 rings (SSSR count). The quantitative estimate of drug-likeness (QED) is 0.418. The van der Waals surface area contributed by atoms with Crippen LogP contribution in [0, 0.1) is 0 Å². The highest BCUT2D eigenvalue weighted by Gasteiger charge is 2.52. The molecule has 1 aliphatic carbocycles. The number of hydrogen-bond donors (Lipinski definition) is 1. The molecule has 39 heavy (non-hydrogen) atoms. The van der Waals surface area contributed by atoms with E-state index in [0.29, 0.717) is 0 Å². The molecule has 198 valence electrons. The van der Waals surface area contributed by atoms with Gasteiger partial charge in [0.2, 0.25) is 0 Å². The van der Waals surface area contributed by atoms with Crippen molar-refractivity contribution in [3.05, 3.63) is 113 Å². The number of rotatable bonds is 5. The molecule has 4 nitrogen and oxygen atoms in total. The molecule has 0 amide bonds. The molecule has 0 aromatic heterocycles. The predicted octanol–water partition coefficient (Wildman–Crippen LogP) is 7.52. The fourth-order valence-corrected chi connectivity index (χ4v) is 5.64. The van der Waals surface area contributed by atoms with Gasteiger partial charge in [0.15, 0.2) is 0 Å². The van der Waals surface area contributed by atoms with E-state index >= 15 is 0 Å². The first-order chi connectivity index (χ1) is 18.8. The second-order valence-electron chi connectivity index (χ2n) is 11.9. The largest absolute Gasteiger partial charge is 0.490 e. The van der Waals surface area contributed by atoms with E-state index in [4.69, 9.17) is 9.31 Å². The highest BCUT2D eigenvalue weighted by molar-refractivity contribution is 6.55. The smallest absolute Gasteiger partial charge is 0.400 e. The van der Waals surface area contributed by atoms with Crippen LogP contribution in [0.1, 0.15) is 75.1 Å². The lowest BCUT2D eigenvalue weighted by Gasteiger charge is -2.32. The number of hydrogen-bond acceptors (Lipinski definition) is 4. The highest BCUT2D eigenvalue weighted by Crippen LogP contribution is 2.43. The van der Waals surface area contributed by atoms with Gasteiger partial charge in [0.1, 0.15) is 0 Å². The number of allylic oxidation sites excluding steroid dienone is 7. The summed E-state index contributed by atoms with van der Waals surface area (Å²) in [6, 6.07) is 17.9. The second kappa shape index (κ2) is 10.3. The van der Waals surface area contributed by atoms with Gasteiger partial charge in [-0.2, -0.15) is 0 Å². The Labute approximate surface area is 233 Å². The number of dihydropyridines is 1. The first-order valence-electron chi connectivity index (χ1n) is 14.1. The van der Waals surface area contributed by atoms with Gasteiger partial charge >= 0.3 is 7.12 Å². The molecule has 0 bridgehead atoms. The summed E-state index contributed by atoms with van der Waals surface area (Å²) in [4.78, 5) is 4.41. The third-order valence-corrected chi connectivity index (χ3v) is 8.67. The molecule has 1 N–H and O–H groups in total. The Hall–Kier alpha value is -3.41. The fourth-order valence-electron chi connectivity index (χ4n) is 5.64. The van der Waals surface area contributed by atoms with E-state index in [2.05, 4.69) is 111 Å². The second-order valence-corrected chi connectivity index (χ2v) is 11.9. The Bertz CT molecular complexity index is 1440. The molecule has 2 aromatic rings. The van der Waals surface area contributed by atoms with Gasteiger partial charge in [-0.25, -0.2) is 0 Å². The Balaban J connectivity index is 1.39. The van der Waals surface area contributed by atoms with Gasteiger partial charge in [-0.3, -0.25) is 4.99 Å². The highest BCUT2D eigenvalue weighted by atomic mass is 16.7. The molecule has 0 saturated carbocycles. The molecule has 3 aliphatic heterocycles. The topological polar surface area (TPSA) is 42.8 Å². The van der Waals surface area contributed by atoms with Crippen molar-refractivity contribution in [3.63, 3.8) is 0 Å². The minimum Gasteiger partial charge on any atom is -0.400 e. The molecule has 5 heteroatoms. The van der Waals surface area contributed by atoms with E-state index in [0.717, 1.165) is 25.8 Å². The number of nitrogens with one attached hydrogen (secondary N) is 1. The van der Waals surface area contributed by atoms with Gasteiger partial charge in [0.05, 0.1) is 11.2 Å². The Kier molecular flexibility index (Phi) is 6.82. The first kappa shape index (κ1) is 25.9. The maximum atomic E-state index is 6.54. The van der Waals surface area contributed by atoms with Crippen LogP contribution in [0.15, 0.2) is 95.7 Å². The van der Waals surface area contributed by atoms with Crippen LogP contribution in [0.3, 0.4) is 0 Å². The van der Waals surface area contributed by atoms with E-state index in [9.17, 15) is 0 Å². The van der Waals surface area contributed by atoms with E-state index in [-0.39, 0.29) is 24.2 Å². The van der Waals surface area contributed by atoms with Crippen LogP contribution >= 0.6 is 0 Å². The SMILES string of the molecule is CC1(C)OB(C2=CC(c3cccc(C4=CN=CCC4)c3)=CC(c3cccc(C4=CC=CNC4)c3)C2)OC1(C)C. The normalized spacial score (nSPS) is 23.5. The average molecular weight is 516 g/mol. The summed E-state index contributed by atoms with van der Waals surface area (Å²) >= 11 is 0. The monoisotopic (exact) mass is 516 g/mol. The van der Waals surface area contributed by atoms with Crippen LogP contribution in [-0.4, -0.2) is 31.1 Å². The molecular formula is C34H37BN2O2. The van der Waals surface area contributed by atoms with Gasteiger partial charge in [-0.05, 0) is 110 Å². The standard InChI is InChI=1S/C34H37BN2O2/c1-33(2)34(3,4)39-35(38-33)32-20-30(26-11-5-9-24(17-26)28-13-7-15-36-22-28)19-31(21-32)27-12-6-10-25(18-27)29-14-8-16-37-23-29/h5-7,9-13,15-19,21,23,30,36H,8,14,20,22H2,1-4H3. The maximum Gasteiger partial charge on any atom is 0.490 e. The molecule has 1 unspecified atom stereocenters. The van der Waals surface area contributed by atoms with E-state index in [1.54, 1.807) is 0 Å². The van der Waals surface area contributed by atoms with Crippen LogP contribution in [-0.2, 0) is 9.31 Å². The minimum atomic E-state index is -0.378. The lowest BCUT2D eigenvalue weighted by molar-refractivity contribution is 0.00578. The first-order valence-corrected chi connectivity index (χ1v) is 14.1. The molecule has 1 saturated heterocycles. The zero-order valence-electron chi connectivity index (χ0n) is 23.4. The van der Waals surface area contributed by atoms with Crippen LogP contribution in [0.2, 0.25) is 0 Å². The zero-order chi connectivity index (χ0) is 27.0. The van der Waals surface area contributed by atoms with Crippen molar-refractivity contribution < 1.29 is 9.31 Å². The van der Waals surface area contributed by atoms with Crippen molar-refractivity contribution in [1.29, 1.82) is 0 Å². The van der Waals surface area contributed by atoms with Crippen LogP contribution in [0.4, 0.5) is 0 Å². The van der Waals surface area contributed by atoms with Crippen LogP contribution in [0.25, 0.3) is 16.7 Å². The molecule has 3 heterocycles. The fraction of sp³-hybridized carbons (Fsp3) is 0.324. The Morgan fingerprint density at radius 3 is 2.38 bits per heavy atom. The summed E-state index contributed by atoms with van der Waals surface area (Å²) in [5, 5.41) is 3.34. The average Bonchev–Trinajstić information content (AvgIpc) is 3.20. The molecule has 1 fully saturated rings. The van der Waals surface area contributed by atoms with Crippen molar-refractivity contribution in [2.24, 2.45) is 4.99 Å². The Morgan fingerprint density at radius 1 is 0.923 bits per heavy atom. The van der Waals surface area contributed by atoms with E-state index < -0.39 is 0 Å². The maximum absolute atomic E-state index is 6.54. The van der Waals surface area contributed by atoms with Crippen molar-refractivity contribution >= 4 is 30.1 Å².